The highest BCUT2D eigenvalue weighted by molar-refractivity contribution is 6.31. The predicted molar refractivity (Wildman–Crippen MR) is 121 cm³/mol. The molecule has 0 spiro atoms. The number of hydrogen-bond donors (Lipinski definition) is 2. The summed E-state index contributed by atoms with van der Waals surface area (Å²) in [6, 6.07) is 17.6. The van der Waals surface area contributed by atoms with Gasteiger partial charge in [-0.05, 0) is 54.1 Å². The fourth-order valence-electron chi connectivity index (χ4n) is 2.89. The van der Waals surface area contributed by atoms with E-state index in [-0.39, 0.29) is 12.5 Å². The zero-order valence-corrected chi connectivity index (χ0v) is 18.1. The van der Waals surface area contributed by atoms with Gasteiger partial charge in [-0.15, -0.1) is 0 Å². The van der Waals surface area contributed by atoms with Gasteiger partial charge in [0.15, 0.2) is 11.5 Å². The van der Waals surface area contributed by atoms with Crippen LogP contribution in [0.15, 0.2) is 60.7 Å². The van der Waals surface area contributed by atoms with Crippen molar-refractivity contribution in [3.63, 3.8) is 0 Å². The van der Waals surface area contributed by atoms with E-state index < -0.39 is 5.82 Å². The van der Waals surface area contributed by atoms with Crippen molar-refractivity contribution in [3.05, 3.63) is 82.6 Å². The van der Waals surface area contributed by atoms with Gasteiger partial charge in [-0.1, -0.05) is 30.7 Å². The van der Waals surface area contributed by atoms with Gasteiger partial charge in [0.2, 0.25) is 5.91 Å². The van der Waals surface area contributed by atoms with Gasteiger partial charge in [0.1, 0.15) is 12.4 Å². The van der Waals surface area contributed by atoms with Crippen molar-refractivity contribution in [3.8, 4) is 11.5 Å². The number of ether oxygens (including phenoxy) is 2. The fourth-order valence-corrected chi connectivity index (χ4v) is 3.10. The lowest BCUT2D eigenvalue weighted by molar-refractivity contribution is -0.115. The molecule has 1 amide bonds. The largest absolute Gasteiger partial charge is 0.493 e. The number of halogens is 2. The lowest BCUT2D eigenvalue weighted by Gasteiger charge is -2.14. The predicted octanol–water partition coefficient (Wildman–Crippen LogP) is 6.03. The Kier molecular flexibility index (Phi) is 7.73. The molecule has 162 valence electrons. The normalized spacial score (nSPS) is 10.5. The standard InChI is InChI=1S/C24H24ClFN2O3/c1-3-24(29)28-18-10-8-17(9-11-18)27-14-16-7-12-22(23(13-16)30-2)31-15-19-20(25)5-4-6-21(19)26/h4-13,27H,3,14-15H2,1-2H3,(H,28,29). The van der Waals surface area contributed by atoms with Crippen molar-refractivity contribution in [2.45, 2.75) is 26.5 Å². The third kappa shape index (κ3) is 6.12. The Morgan fingerprint density at radius 2 is 1.77 bits per heavy atom. The smallest absolute Gasteiger partial charge is 0.224 e. The van der Waals surface area contributed by atoms with E-state index in [1.54, 1.807) is 25.3 Å². The number of rotatable bonds is 9. The Bertz CT molecular complexity index is 1020. The van der Waals surface area contributed by atoms with Gasteiger partial charge in [-0.25, -0.2) is 4.39 Å². The molecule has 3 rings (SSSR count). The minimum absolute atomic E-state index is 0.000379. The minimum atomic E-state index is -0.410. The number of hydrogen-bond acceptors (Lipinski definition) is 4. The molecular formula is C24H24ClFN2O3. The number of carbonyl (C=O) groups is 1. The highest BCUT2D eigenvalue weighted by Gasteiger charge is 2.11. The summed E-state index contributed by atoms with van der Waals surface area (Å²) < 4.78 is 25.1. The van der Waals surface area contributed by atoms with Crippen molar-refractivity contribution in [2.24, 2.45) is 0 Å². The van der Waals surface area contributed by atoms with E-state index in [0.29, 0.717) is 35.1 Å². The first-order valence-corrected chi connectivity index (χ1v) is 10.2. The number of carbonyl (C=O) groups excluding carboxylic acids is 1. The summed E-state index contributed by atoms with van der Waals surface area (Å²) in [5.74, 6) is 0.617. The molecule has 0 fully saturated rings. The van der Waals surface area contributed by atoms with Gasteiger partial charge < -0.3 is 20.1 Å². The van der Waals surface area contributed by atoms with Gasteiger partial charge in [0.25, 0.3) is 0 Å². The molecule has 31 heavy (non-hydrogen) atoms. The summed E-state index contributed by atoms with van der Waals surface area (Å²) in [4.78, 5) is 11.5. The Balaban J connectivity index is 1.61. The van der Waals surface area contributed by atoms with Crippen molar-refractivity contribution in [1.29, 1.82) is 0 Å². The van der Waals surface area contributed by atoms with Crippen LogP contribution in [0.2, 0.25) is 5.02 Å². The molecule has 5 nitrogen and oxygen atoms in total. The van der Waals surface area contributed by atoms with Gasteiger partial charge in [0.05, 0.1) is 12.1 Å². The molecule has 0 atom stereocenters. The van der Waals surface area contributed by atoms with Crippen LogP contribution in [0.4, 0.5) is 15.8 Å². The molecule has 0 saturated carbocycles. The zero-order chi connectivity index (χ0) is 22.2. The Labute approximate surface area is 186 Å². The van der Waals surface area contributed by atoms with Crippen molar-refractivity contribution < 1.29 is 18.7 Å². The van der Waals surface area contributed by atoms with Crippen LogP contribution in [-0.2, 0) is 17.9 Å². The lowest BCUT2D eigenvalue weighted by atomic mass is 10.2. The molecule has 3 aromatic rings. The van der Waals surface area contributed by atoms with Gasteiger partial charge in [-0.3, -0.25) is 4.79 Å². The van der Waals surface area contributed by atoms with Crippen LogP contribution in [0.3, 0.4) is 0 Å². The first kappa shape index (κ1) is 22.4. The van der Waals surface area contributed by atoms with Crippen molar-refractivity contribution in [1.82, 2.24) is 0 Å². The summed E-state index contributed by atoms with van der Waals surface area (Å²) in [7, 11) is 1.55. The van der Waals surface area contributed by atoms with Crippen LogP contribution in [0.5, 0.6) is 11.5 Å². The second kappa shape index (κ2) is 10.7. The quantitative estimate of drug-likeness (QED) is 0.425. The van der Waals surface area contributed by atoms with Crippen LogP contribution < -0.4 is 20.1 Å². The molecule has 0 radical (unpaired) electrons. The van der Waals surface area contributed by atoms with E-state index in [0.717, 1.165) is 16.9 Å². The maximum absolute atomic E-state index is 13.9. The van der Waals surface area contributed by atoms with Gasteiger partial charge in [0, 0.05) is 29.9 Å². The molecule has 0 aromatic heterocycles. The Hall–Kier alpha value is -3.25. The molecule has 0 aliphatic rings. The molecule has 0 unspecified atom stereocenters. The molecule has 0 saturated heterocycles. The maximum Gasteiger partial charge on any atom is 0.224 e. The third-order valence-corrected chi connectivity index (χ3v) is 5.00. The molecule has 2 N–H and O–H groups in total. The van der Waals surface area contributed by atoms with Crippen LogP contribution in [-0.4, -0.2) is 13.0 Å². The monoisotopic (exact) mass is 442 g/mol. The zero-order valence-electron chi connectivity index (χ0n) is 17.4. The van der Waals surface area contributed by atoms with Crippen molar-refractivity contribution in [2.75, 3.05) is 17.7 Å². The van der Waals surface area contributed by atoms with Crippen LogP contribution >= 0.6 is 11.6 Å². The second-order valence-corrected chi connectivity index (χ2v) is 7.21. The summed E-state index contributed by atoms with van der Waals surface area (Å²) >= 11 is 6.06. The van der Waals surface area contributed by atoms with Crippen molar-refractivity contribution >= 4 is 28.9 Å². The molecule has 0 aliphatic carbocycles. The Morgan fingerprint density at radius 1 is 1.03 bits per heavy atom. The van der Waals surface area contributed by atoms with E-state index >= 15 is 0 Å². The molecule has 0 heterocycles. The third-order valence-electron chi connectivity index (χ3n) is 4.65. The molecule has 0 bridgehead atoms. The molecule has 0 aliphatic heterocycles. The van der Waals surface area contributed by atoms with E-state index in [4.69, 9.17) is 21.1 Å². The van der Waals surface area contributed by atoms with E-state index in [1.807, 2.05) is 43.3 Å². The SMILES string of the molecule is CCC(=O)Nc1ccc(NCc2ccc(OCc3c(F)cccc3Cl)c(OC)c2)cc1. The van der Waals surface area contributed by atoms with Crippen LogP contribution in [0, 0.1) is 5.82 Å². The first-order chi connectivity index (χ1) is 15.0. The van der Waals surface area contributed by atoms with Gasteiger partial charge in [-0.2, -0.15) is 0 Å². The topological polar surface area (TPSA) is 59.6 Å². The number of methoxy groups -OCH3 is 1. The molecule has 3 aromatic carbocycles. The molecule has 7 heteroatoms. The highest BCUT2D eigenvalue weighted by Crippen LogP contribution is 2.30. The number of anilines is 2. The summed E-state index contributed by atoms with van der Waals surface area (Å²) in [6.07, 6.45) is 0.439. The summed E-state index contributed by atoms with van der Waals surface area (Å²) in [5.41, 5.74) is 2.96. The van der Waals surface area contributed by atoms with E-state index in [2.05, 4.69) is 10.6 Å². The van der Waals surface area contributed by atoms with Gasteiger partial charge >= 0.3 is 0 Å². The summed E-state index contributed by atoms with van der Waals surface area (Å²) in [5, 5.41) is 6.46. The average Bonchev–Trinajstić information content (AvgIpc) is 2.78. The number of nitrogens with one attached hydrogen (secondary N) is 2. The van der Waals surface area contributed by atoms with Crippen LogP contribution in [0.25, 0.3) is 0 Å². The van der Waals surface area contributed by atoms with E-state index in [1.165, 1.54) is 6.07 Å². The maximum atomic E-state index is 13.9. The second-order valence-electron chi connectivity index (χ2n) is 6.81. The first-order valence-electron chi connectivity index (χ1n) is 9.86. The highest BCUT2D eigenvalue weighted by atomic mass is 35.5. The molecular weight excluding hydrogens is 419 g/mol. The lowest BCUT2D eigenvalue weighted by Crippen LogP contribution is -2.09. The summed E-state index contributed by atoms with van der Waals surface area (Å²) in [6.45, 7) is 2.38. The average molecular weight is 443 g/mol. The minimum Gasteiger partial charge on any atom is -0.493 e. The van der Waals surface area contributed by atoms with E-state index in [9.17, 15) is 9.18 Å². The Morgan fingerprint density at radius 3 is 2.45 bits per heavy atom. The van der Waals surface area contributed by atoms with Crippen LogP contribution in [0.1, 0.15) is 24.5 Å². The number of amides is 1. The fraction of sp³-hybridized carbons (Fsp3) is 0.208. The number of benzene rings is 3.